The van der Waals surface area contributed by atoms with E-state index in [4.69, 9.17) is 11.5 Å². The summed E-state index contributed by atoms with van der Waals surface area (Å²) in [5.74, 6) is 0. The van der Waals surface area contributed by atoms with Crippen molar-refractivity contribution in [2.45, 2.75) is 19.5 Å². The summed E-state index contributed by atoms with van der Waals surface area (Å²) in [5.41, 5.74) is 13.4. The minimum absolute atomic E-state index is 0. The second-order valence-electron chi connectivity index (χ2n) is 2.73. The minimum Gasteiger partial charge on any atom is -0.326 e. The van der Waals surface area contributed by atoms with E-state index in [1.165, 1.54) is 0 Å². The van der Waals surface area contributed by atoms with E-state index < -0.39 is 0 Å². The number of rotatable bonds is 2. The SMILES string of the molecule is CC(N)c1ccc(CN)cc1.Cl.Cl. The first-order chi connectivity index (χ1) is 5.24. The molecule has 76 valence electrons. The second kappa shape index (κ2) is 7.15. The molecule has 0 saturated carbocycles. The number of halogens is 2. The maximum Gasteiger partial charge on any atom is 0.0266 e. The Kier molecular flexibility index (Phi) is 8.37. The summed E-state index contributed by atoms with van der Waals surface area (Å²) in [6, 6.07) is 8.18. The van der Waals surface area contributed by atoms with Gasteiger partial charge in [0.05, 0.1) is 0 Å². The lowest BCUT2D eigenvalue weighted by Gasteiger charge is -2.05. The number of benzene rings is 1. The average molecular weight is 223 g/mol. The molecule has 2 nitrogen and oxygen atoms in total. The molecule has 0 spiro atoms. The van der Waals surface area contributed by atoms with Crippen LogP contribution in [0.5, 0.6) is 0 Å². The standard InChI is InChI=1S/C9H14N2.2ClH/c1-7(11)9-4-2-8(6-10)3-5-9;;/h2-5,7H,6,10-11H2,1H3;2*1H. The van der Waals surface area contributed by atoms with E-state index >= 15 is 0 Å². The fraction of sp³-hybridized carbons (Fsp3) is 0.333. The predicted molar refractivity (Wildman–Crippen MR) is 61.4 cm³/mol. The van der Waals surface area contributed by atoms with Crippen LogP contribution in [0.4, 0.5) is 0 Å². The van der Waals surface area contributed by atoms with Crippen LogP contribution in [0.25, 0.3) is 0 Å². The Morgan fingerprint density at radius 1 is 1.15 bits per heavy atom. The fourth-order valence-electron chi connectivity index (χ4n) is 0.957. The molecule has 0 aliphatic carbocycles. The normalized spacial score (nSPS) is 11.0. The molecule has 0 saturated heterocycles. The van der Waals surface area contributed by atoms with Gasteiger partial charge in [-0.05, 0) is 18.1 Å². The van der Waals surface area contributed by atoms with Crippen molar-refractivity contribution in [3.05, 3.63) is 35.4 Å². The predicted octanol–water partition coefficient (Wildman–Crippen LogP) is 2.01. The third kappa shape index (κ3) is 4.48. The molecular formula is C9H16Cl2N2. The Balaban J connectivity index is 0. The molecular weight excluding hydrogens is 207 g/mol. The summed E-state index contributed by atoms with van der Waals surface area (Å²) in [6.45, 7) is 2.57. The Labute approximate surface area is 91.5 Å². The zero-order valence-electron chi connectivity index (χ0n) is 7.57. The molecule has 1 atom stereocenters. The van der Waals surface area contributed by atoms with Crippen LogP contribution in [0.15, 0.2) is 24.3 Å². The van der Waals surface area contributed by atoms with E-state index in [-0.39, 0.29) is 30.9 Å². The van der Waals surface area contributed by atoms with Gasteiger partial charge in [-0.2, -0.15) is 0 Å². The molecule has 0 aromatic heterocycles. The largest absolute Gasteiger partial charge is 0.326 e. The van der Waals surface area contributed by atoms with Gasteiger partial charge in [-0.15, -0.1) is 24.8 Å². The Bertz CT molecular complexity index is 222. The Hall–Kier alpha value is -0.280. The van der Waals surface area contributed by atoms with Gasteiger partial charge < -0.3 is 11.5 Å². The van der Waals surface area contributed by atoms with E-state index in [1.54, 1.807) is 0 Å². The van der Waals surface area contributed by atoms with Crippen molar-refractivity contribution in [1.82, 2.24) is 0 Å². The highest BCUT2D eigenvalue weighted by atomic mass is 35.5. The first-order valence-electron chi connectivity index (χ1n) is 3.78. The molecule has 0 aliphatic heterocycles. The molecule has 1 aromatic rings. The molecule has 1 aromatic carbocycles. The smallest absolute Gasteiger partial charge is 0.0266 e. The molecule has 0 radical (unpaired) electrons. The van der Waals surface area contributed by atoms with Crippen molar-refractivity contribution in [2.24, 2.45) is 11.5 Å². The van der Waals surface area contributed by atoms with Crippen LogP contribution in [0, 0.1) is 0 Å². The summed E-state index contributed by atoms with van der Waals surface area (Å²) in [4.78, 5) is 0. The van der Waals surface area contributed by atoms with Crippen LogP contribution < -0.4 is 11.5 Å². The van der Waals surface area contributed by atoms with Gasteiger partial charge >= 0.3 is 0 Å². The highest BCUT2D eigenvalue weighted by Gasteiger charge is 1.96. The van der Waals surface area contributed by atoms with E-state index in [0.717, 1.165) is 11.1 Å². The van der Waals surface area contributed by atoms with E-state index in [9.17, 15) is 0 Å². The molecule has 0 fully saturated rings. The molecule has 0 amide bonds. The van der Waals surface area contributed by atoms with E-state index in [1.807, 2.05) is 31.2 Å². The number of hydrogen-bond donors (Lipinski definition) is 2. The quantitative estimate of drug-likeness (QED) is 0.805. The Morgan fingerprint density at radius 3 is 1.92 bits per heavy atom. The van der Waals surface area contributed by atoms with Crippen LogP contribution in [0.3, 0.4) is 0 Å². The van der Waals surface area contributed by atoms with Gasteiger partial charge in [-0.1, -0.05) is 24.3 Å². The average Bonchev–Trinajstić information content (AvgIpc) is 2.05. The summed E-state index contributed by atoms with van der Waals surface area (Å²) in [7, 11) is 0. The zero-order chi connectivity index (χ0) is 8.27. The first-order valence-corrected chi connectivity index (χ1v) is 3.78. The molecule has 4 heteroatoms. The monoisotopic (exact) mass is 222 g/mol. The number of hydrogen-bond acceptors (Lipinski definition) is 2. The molecule has 4 N–H and O–H groups in total. The maximum atomic E-state index is 5.67. The topological polar surface area (TPSA) is 52.0 Å². The molecule has 0 heterocycles. The second-order valence-corrected chi connectivity index (χ2v) is 2.73. The molecule has 0 aliphatic rings. The molecule has 1 unspecified atom stereocenters. The fourth-order valence-corrected chi connectivity index (χ4v) is 0.957. The van der Waals surface area contributed by atoms with Gasteiger partial charge in [-0.3, -0.25) is 0 Å². The lowest BCUT2D eigenvalue weighted by molar-refractivity contribution is 0.817. The van der Waals surface area contributed by atoms with Crippen molar-refractivity contribution in [2.75, 3.05) is 0 Å². The lowest BCUT2D eigenvalue weighted by atomic mass is 10.1. The van der Waals surface area contributed by atoms with Crippen LogP contribution >= 0.6 is 24.8 Å². The van der Waals surface area contributed by atoms with Gasteiger partial charge in [0, 0.05) is 12.6 Å². The van der Waals surface area contributed by atoms with Gasteiger partial charge in [0.25, 0.3) is 0 Å². The van der Waals surface area contributed by atoms with Gasteiger partial charge in [0.1, 0.15) is 0 Å². The van der Waals surface area contributed by atoms with Crippen LogP contribution in [-0.4, -0.2) is 0 Å². The van der Waals surface area contributed by atoms with Gasteiger partial charge in [-0.25, -0.2) is 0 Å². The summed E-state index contributed by atoms with van der Waals surface area (Å²) in [5, 5.41) is 0. The van der Waals surface area contributed by atoms with Crippen molar-refractivity contribution < 1.29 is 0 Å². The van der Waals surface area contributed by atoms with Crippen molar-refractivity contribution >= 4 is 24.8 Å². The molecule has 13 heavy (non-hydrogen) atoms. The third-order valence-corrected chi connectivity index (χ3v) is 1.74. The highest BCUT2D eigenvalue weighted by Crippen LogP contribution is 2.09. The zero-order valence-corrected chi connectivity index (χ0v) is 9.20. The molecule has 0 bridgehead atoms. The van der Waals surface area contributed by atoms with Gasteiger partial charge in [0.15, 0.2) is 0 Å². The number of nitrogens with two attached hydrogens (primary N) is 2. The van der Waals surface area contributed by atoms with E-state index in [2.05, 4.69) is 0 Å². The van der Waals surface area contributed by atoms with Crippen molar-refractivity contribution in [3.63, 3.8) is 0 Å². The van der Waals surface area contributed by atoms with Crippen LogP contribution in [0.2, 0.25) is 0 Å². The van der Waals surface area contributed by atoms with Gasteiger partial charge in [0.2, 0.25) is 0 Å². The summed E-state index contributed by atoms with van der Waals surface area (Å²) in [6.07, 6.45) is 0. The summed E-state index contributed by atoms with van der Waals surface area (Å²) < 4.78 is 0. The maximum absolute atomic E-state index is 5.67. The summed E-state index contributed by atoms with van der Waals surface area (Å²) >= 11 is 0. The minimum atomic E-state index is 0. The Morgan fingerprint density at radius 2 is 1.62 bits per heavy atom. The van der Waals surface area contributed by atoms with Crippen LogP contribution in [0.1, 0.15) is 24.1 Å². The van der Waals surface area contributed by atoms with Crippen molar-refractivity contribution in [1.29, 1.82) is 0 Å². The highest BCUT2D eigenvalue weighted by molar-refractivity contribution is 5.85. The first kappa shape index (κ1) is 15.2. The lowest BCUT2D eigenvalue weighted by Crippen LogP contribution is -2.05. The van der Waals surface area contributed by atoms with Crippen molar-refractivity contribution in [3.8, 4) is 0 Å². The molecule has 1 rings (SSSR count). The van der Waals surface area contributed by atoms with E-state index in [0.29, 0.717) is 6.54 Å². The third-order valence-electron chi connectivity index (χ3n) is 1.74. The van der Waals surface area contributed by atoms with Crippen LogP contribution in [-0.2, 0) is 6.54 Å².